The second-order valence-corrected chi connectivity index (χ2v) is 12.5. The third kappa shape index (κ3) is 13.8. The first-order valence-electron chi connectivity index (χ1n) is 17.2. The zero-order chi connectivity index (χ0) is 31.5. The van der Waals surface area contributed by atoms with E-state index >= 15 is 0 Å². The smallest absolute Gasteiger partial charge is 0.187 e. The van der Waals surface area contributed by atoms with Crippen molar-refractivity contribution in [3.8, 4) is 0 Å². The fourth-order valence-electron chi connectivity index (χ4n) is 6.03. The van der Waals surface area contributed by atoms with E-state index in [-0.39, 0.29) is 0 Å². The largest absolute Gasteiger partial charge is 0.394 e. The van der Waals surface area contributed by atoms with Crippen molar-refractivity contribution in [1.82, 2.24) is 5.32 Å². The average Bonchev–Trinajstić information content (AvgIpc) is 3.01. The molecule has 0 aromatic rings. The summed E-state index contributed by atoms with van der Waals surface area (Å²) in [5.41, 5.74) is 0. The normalized spacial score (nSPS) is 33.2. The quantitative estimate of drug-likeness (QED) is 0.0741. The van der Waals surface area contributed by atoms with Gasteiger partial charge in [0.05, 0.1) is 13.2 Å². The number of rotatable bonds is 24. The summed E-state index contributed by atoms with van der Waals surface area (Å²) in [5.74, 6) is 0. The Morgan fingerprint density at radius 2 is 0.977 bits per heavy atom. The van der Waals surface area contributed by atoms with E-state index < -0.39 is 74.6 Å². The molecule has 256 valence electrons. The average molecular weight is 622 g/mol. The molecule has 0 aromatic heterocycles. The lowest BCUT2D eigenvalue weighted by Crippen LogP contribution is -2.66. The fraction of sp³-hybridized carbons (Fsp3) is 1.00. The van der Waals surface area contributed by atoms with Crippen LogP contribution in [0.25, 0.3) is 0 Å². The van der Waals surface area contributed by atoms with Gasteiger partial charge in [-0.2, -0.15) is 0 Å². The lowest BCUT2D eigenvalue weighted by molar-refractivity contribution is -0.343. The molecule has 0 saturated carbocycles. The van der Waals surface area contributed by atoms with Crippen LogP contribution < -0.4 is 5.32 Å². The van der Waals surface area contributed by atoms with Gasteiger partial charge in [-0.1, -0.05) is 116 Å². The van der Waals surface area contributed by atoms with Gasteiger partial charge in [0.15, 0.2) is 6.29 Å². The zero-order valence-electron chi connectivity index (χ0n) is 26.5. The summed E-state index contributed by atoms with van der Waals surface area (Å²) in [6.45, 7) is 1.67. The van der Waals surface area contributed by atoms with Crippen LogP contribution in [-0.4, -0.2) is 117 Å². The molecule has 43 heavy (non-hydrogen) atoms. The first-order chi connectivity index (χ1) is 20.8. The lowest BCUT2D eigenvalue weighted by atomic mass is 9.96. The Balaban J connectivity index is 1.52. The van der Waals surface area contributed by atoms with Crippen molar-refractivity contribution in [2.75, 3.05) is 19.8 Å². The molecule has 2 aliphatic heterocycles. The van der Waals surface area contributed by atoms with Gasteiger partial charge in [-0.3, -0.25) is 5.32 Å². The van der Waals surface area contributed by atoms with Gasteiger partial charge in [0.25, 0.3) is 0 Å². The van der Waals surface area contributed by atoms with Crippen molar-refractivity contribution in [3.63, 3.8) is 0 Å². The molecule has 0 unspecified atom stereocenters. The monoisotopic (exact) mass is 621 g/mol. The summed E-state index contributed by atoms with van der Waals surface area (Å²) in [6.07, 6.45) is 9.64. The molecule has 2 fully saturated rings. The van der Waals surface area contributed by atoms with E-state index in [1.165, 1.54) is 96.3 Å². The molecule has 2 rings (SSSR count). The number of hydrogen-bond acceptors (Lipinski definition) is 11. The maximum atomic E-state index is 10.7. The Hall–Kier alpha value is -0.440. The molecule has 2 aliphatic rings. The number of aliphatic hydroxyl groups excluding tert-OH is 7. The van der Waals surface area contributed by atoms with Gasteiger partial charge in [0.1, 0.15) is 55.1 Å². The maximum absolute atomic E-state index is 10.7. The van der Waals surface area contributed by atoms with Gasteiger partial charge < -0.3 is 50.0 Å². The van der Waals surface area contributed by atoms with E-state index in [0.29, 0.717) is 6.54 Å². The van der Waals surface area contributed by atoms with Crippen molar-refractivity contribution in [2.24, 2.45) is 0 Å². The molecule has 0 amide bonds. The molecule has 2 saturated heterocycles. The highest BCUT2D eigenvalue weighted by Gasteiger charge is 2.50. The van der Waals surface area contributed by atoms with Crippen LogP contribution in [0.5, 0.6) is 0 Å². The Labute approximate surface area is 258 Å². The summed E-state index contributed by atoms with van der Waals surface area (Å²) in [7, 11) is 0. The Kier molecular flexibility index (Phi) is 20.7. The van der Waals surface area contributed by atoms with Gasteiger partial charge in [-0.25, -0.2) is 0 Å². The topological polar surface area (TPSA) is 181 Å². The van der Waals surface area contributed by atoms with Gasteiger partial charge in [0.2, 0.25) is 0 Å². The minimum absolute atomic E-state index is 0.538. The van der Waals surface area contributed by atoms with Crippen LogP contribution in [-0.2, 0) is 14.2 Å². The van der Waals surface area contributed by atoms with E-state index in [4.69, 9.17) is 14.2 Å². The van der Waals surface area contributed by atoms with Crippen LogP contribution in [0.15, 0.2) is 0 Å². The van der Waals surface area contributed by atoms with Crippen molar-refractivity contribution in [1.29, 1.82) is 0 Å². The zero-order valence-corrected chi connectivity index (χ0v) is 26.5. The molecular formula is C32H63NO10. The van der Waals surface area contributed by atoms with Crippen molar-refractivity contribution in [3.05, 3.63) is 0 Å². The summed E-state index contributed by atoms with van der Waals surface area (Å²) in [6, 6.07) is 0. The Morgan fingerprint density at radius 3 is 1.44 bits per heavy atom. The van der Waals surface area contributed by atoms with Gasteiger partial charge in [0, 0.05) is 0 Å². The molecule has 8 N–H and O–H groups in total. The summed E-state index contributed by atoms with van der Waals surface area (Å²) < 4.78 is 16.7. The molecule has 11 heteroatoms. The minimum atomic E-state index is -1.68. The van der Waals surface area contributed by atoms with E-state index in [9.17, 15) is 35.7 Å². The van der Waals surface area contributed by atoms with Crippen LogP contribution in [0.4, 0.5) is 0 Å². The summed E-state index contributed by atoms with van der Waals surface area (Å²) >= 11 is 0. The predicted octanol–water partition coefficient (Wildman–Crippen LogP) is 2.24. The molecule has 10 atom stereocenters. The Morgan fingerprint density at radius 1 is 0.512 bits per heavy atom. The van der Waals surface area contributed by atoms with E-state index in [2.05, 4.69) is 12.2 Å². The number of unbranched alkanes of at least 4 members (excludes halogenated alkanes) is 17. The summed E-state index contributed by atoms with van der Waals surface area (Å²) in [4.78, 5) is 0. The minimum Gasteiger partial charge on any atom is -0.394 e. The maximum Gasteiger partial charge on any atom is 0.187 e. The molecule has 0 bridgehead atoms. The van der Waals surface area contributed by atoms with Gasteiger partial charge in [-0.15, -0.1) is 0 Å². The van der Waals surface area contributed by atoms with Crippen molar-refractivity contribution in [2.45, 2.75) is 184 Å². The van der Waals surface area contributed by atoms with Crippen molar-refractivity contribution >= 4 is 0 Å². The third-order valence-electron chi connectivity index (χ3n) is 8.88. The first-order valence-corrected chi connectivity index (χ1v) is 17.2. The number of hydrogen-bond donors (Lipinski definition) is 8. The molecule has 0 aromatic carbocycles. The van der Waals surface area contributed by atoms with Crippen LogP contribution in [0.3, 0.4) is 0 Å². The van der Waals surface area contributed by atoms with Crippen molar-refractivity contribution < 1.29 is 50.0 Å². The van der Waals surface area contributed by atoms with Crippen LogP contribution >= 0.6 is 0 Å². The van der Waals surface area contributed by atoms with Crippen LogP contribution in [0, 0.1) is 0 Å². The number of ether oxygens (including phenoxy) is 3. The SMILES string of the molecule is CCCCCCCCCCCCCCCCCCCCN[C@H]1O[C@H](CO)[C@@H](O[C@@H]2O[C@H](CO)[C@H](O)[C@H](O)[C@H]2O)[C@H](O)[C@H]1O. The Bertz CT molecular complexity index is 672. The fourth-order valence-corrected chi connectivity index (χ4v) is 6.03. The van der Waals surface area contributed by atoms with E-state index in [1.807, 2.05) is 0 Å². The molecular weight excluding hydrogens is 558 g/mol. The molecule has 0 aliphatic carbocycles. The van der Waals surface area contributed by atoms with Crippen LogP contribution in [0.1, 0.15) is 122 Å². The lowest BCUT2D eigenvalue weighted by Gasteiger charge is -2.46. The van der Waals surface area contributed by atoms with E-state index in [0.717, 1.165) is 19.3 Å². The predicted molar refractivity (Wildman–Crippen MR) is 163 cm³/mol. The molecule has 11 nitrogen and oxygen atoms in total. The first kappa shape index (κ1) is 38.7. The second kappa shape index (κ2) is 23.0. The number of aliphatic hydroxyl groups is 7. The second-order valence-electron chi connectivity index (χ2n) is 12.5. The molecule has 0 radical (unpaired) electrons. The molecule has 2 heterocycles. The molecule has 0 spiro atoms. The highest BCUT2D eigenvalue weighted by molar-refractivity contribution is 4.95. The van der Waals surface area contributed by atoms with Crippen LogP contribution in [0.2, 0.25) is 0 Å². The van der Waals surface area contributed by atoms with Gasteiger partial charge >= 0.3 is 0 Å². The van der Waals surface area contributed by atoms with E-state index in [1.54, 1.807) is 0 Å². The summed E-state index contributed by atoms with van der Waals surface area (Å²) in [5, 5.41) is 73.8. The number of nitrogens with one attached hydrogen (secondary N) is 1. The highest BCUT2D eigenvalue weighted by Crippen LogP contribution is 2.28. The third-order valence-corrected chi connectivity index (χ3v) is 8.88. The highest BCUT2D eigenvalue weighted by atomic mass is 16.7. The van der Waals surface area contributed by atoms with Gasteiger partial charge in [-0.05, 0) is 13.0 Å². The standard InChI is InChI=1S/C32H63NO10/c1-2-3-4-5-6-7-8-9-10-11-12-13-14-15-16-17-18-19-20-33-31-28(39)27(38)30(24(22-35)41-31)43-32-29(40)26(37)25(36)23(21-34)42-32/h23-40H,2-22H2,1H3/t23-,24-,25+,26+,27-,28-,29-,30-,31+,32+/m1/s1.